The number of hydrogen-bond donors (Lipinski definition) is 1. The molecule has 2 amide bonds. The van der Waals surface area contributed by atoms with Crippen molar-refractivity contribution in [2.75, 3.05) is 16.8 Å². The first-order valence-corrected chi connectivity index (χ1v) is 5.90. The number of rotatable bonds is 1. The summed E-state index contributed by atoms with van der Waals surface area (Å²) in [5, 5.41) is 3.26. The first-order chi connectivity index (χ1) is 8.16. The molecule has 88 valence electrons. The second-order valence-corrected chi connectivity index (χ2v) is 4.69. The second kappa shape index (κ2) is 3.58. The number of fused-ring (bicyclic) bond motifs is 1. The third-order valence-electron chi connectivity index (χ3n) is 3.43. The molecule has 1 aromatic carbocycles. The summed E-state index contributed by atoms with van der Waals surface area (Å²) in [5.74, 6) is -0.358. The zero-order valence-electron chi connectivity index (χ0n) is 9.69. The molecule has 0 aliphatic carbocycles. The van der Waals surface area contributed by atoms with E-state index in [1.54, 1.807) is 6.92 Å². The molecule has 0 saturated carbocycles. The van der Waals surface area contributed by atoms with Gasteiger partial charge in [0.1, 0.15) is 0 Å². The highest BCUT2D eigenvalue weighted by molar-refractivity contribution is 6.20. The zero-order valence-corrected chi connectivity index (χ0v) is 9.69. The van der Waals surface area contributed by atoms with Crippen LogP contribution in [-0.2, 0) is 16.0 Å². The topological polar surface area (TPSA) is 49.4 Å². The Morgan fingerprint density at radius 2 is 2.18 bits per heavy atom. The molecule has 1 N–H and O–H groups in total. The monoisotopic (exact) mass is 230 g/mol. The number of nitrogens with one attached hydrogen (secondary N) is 1. The van der Waals surface area contributed by atoms with Gasteiger partial charge in [-0.1, -0.05) is 6.92 Å². The van der Waals surface area contributed by atoms with E-state index in [0.29, 0.717) is 12.1 Å². The quantitative estimate of drug-likeness (QED) is 0.745. The van der Waals surface area contributed by atoms with Crippen LogP contribution in [0, 0.1) is 5.92 Å². The number of benzene rings is 1. The highest BCUT2D eigenvalue weighted by Gasteiger charge is 2.36. The lowest BCUT2D eigenvalue weighted by molar-refractivity contribution is -0.122. The van der Waals surface area contributed by atoms with Gasteiger partial charge in [-0.2, -0.15) is 0 Å². The van der Waals surface area contributed by atoms with Gasteiger partial charge in [0.15, 0.2) is 0 Å². The fourth-order valence-electron chi connectivity index (χ4n) is 2.49. The van der Waals surface area contributed by atoms with Crippen molar-refractivity contribution in [3.05, 3.63) is 23.8 Å². The van der Waals surface area contributed by atoms with Crippen molar-refractivity contribution in [1.82, 2.24) is 0 Å². The number of carbonyl (C=O) groups is 2. The molecule has 2 heterocycles. The van der Waals surface area contributed by atoms with Crippen molar-refractivity contribution in [2.24, 2.45) is 5.92 Å². The van der Waals surface area contributed by atoms with Crippen LogP contribution in [0.2, 0.25) is 0 Å². The smallest absolute Gasteiger partial charge is 0.237 e. The van der Waals surface area contributed by atoms with Crippen molar-refractivity contribution in [3.63, 3.8) is 0 Å². The second-order valence-electron chi connectivity index (χ2n) is 4.69. The van der Waals surface area contributed by atoms with Crippen LogP contribution in [0.1, 0.15) is 18.9 Å². The van der Waals surface area contributed by atoms with Gasteiger partial charge in [-0.3, -0.25) is 14.5 Å². The average Bonchev–Trinajstić information content (AvgIpc) is 2.84. The number of imide groups is 1. The minimum atomic E-state index is -0.186. The Bertz CT molecular complexity index is 510. The van der Waals surface area contributed by atoms with Crippen molar-refractivity contribution in [2.45, 2.75) is 19.8 Å². The SMILES string of the molecule is CC1CC(=O)N(c2ccc3c(c2)CCN3)C1=O. The Morgan fingerprint density at radius 1 is 1.35 bits per heavy atom. The van der Waals surface area contributed by atoms with Crippen molar-refractivity contribution in [1.29, 1.82) is 0 Å². The molecule has 17 heavy (non-hydrogen) atoms. The molecule has 2 aliphatic heterocycles. The third kappa shape index (κ3) is 1.52. The number of hydrogen-bond acceptors (Lipinski definition) is 3. The summed E-state index contributed by atoms with van der Waals surface area (Å²) in [6, 6.07) is 5.73. The van der Waals surface area contributed by atoms with Gasteiger partial charge in [-0.25, -0.2) is 0 Å². The van der Waals surface area contributed by atoms with Crippen LogP contribution in [0.4, 0.5) is 11.4 Å². The Labute approximate surface area is 99.6 Å². The summed E-state index contributed by atoms with van der Waals surface area (Å²) in [6.07, 6.45) is 1.28. The molecule has 1 aromatic rings. The van der Waals surface area contributed by atoms with Crippen LogP contribution in [0.3, 0.4) is 0 Å². The number of carbonyl (C=O) groups excluding carboxylic acids is 2. The summed E-state index contributed by atoms with van der Waals surface area (Å²) < 4.78 is 0. The van der Waals surface area contributed by atoms with Crippen molar-refractivity contribution >= 4 is 23.2 Å². The van der Waals surface area contributed by atoms with Gasteiger partial charge in [0.25, 0.3) is 0 Å². The summed E-state index contributed by atoms with van der Waals surface area (Å²) >= 11 is 0. The molecule has 4 heteroatoms. The fraction of sp³-hybridized carbons (Fsp3) is 0.385. The van der Waals surface area contributed by atoms with Crippen molar-refractivity contribution < 1.29 is 9.59 Å². The molecule has 0 radical (unpaired) electrons. The molecule has 1 saturated heterocycles. The minimum Gasteiger partial charge on any atom is -0.384 e. The molecule has 3 rings (SSSR count). The molecule has 0 bridgehead atoms. The first kappa shape index (κ1) is 10.3. The molecule has 1 atom stereocenters. The molecule has 0 aromatic heterocycles. The standard InChI is InChI=1S/C13H14N2O2/c1-8-6-12(16)15(13(8)17)10-2-3-11-9(7-10)4-5-14-11/h2-3,7-8,14H,4-6H2,1H3. The van der Waals surface area contributed by atoms with Gasteiger partial charge >= 0.3 is 0 Å². The molecule has 0 spiro atoms. The fourth-order valence-corrected chi connectivity index (χ4v) is 2.49. The van der Waals surface area contributed by atoms with Crippen LogP contribution in [0.25, 0.3) is 0 Å². The highest BCUT2D eigenvalue weighted by Crippen LogP contribution is 2.31. The van der Waals surface area contributed by atoms with E-state index in [1.807, 2.05) is 18.2 Å². The lowest BCUT2D eigenvalue weighted by atomic mass is 10.1. The van der Waals surface area contributed by atoms with Crippen LogP contribution in [-0.4, -0.2) is 18.4 Å². The van der Waals surface area contributed by atoms with E-state index >= 15 is 0 Å². The lowest BCUT2D eigenvalue weighted by Crippen LogP contribution is -2.29. The van der Waals surface area contributed by atoms with E-state index in [0.717, 1.165) is 18.7 Å². The molecule has 4 nitrogen and oxygen atoms in total. The Hall–Kier alpha value is -1.84. The third-order valence-corrected chi connectivity index (χ3v) is 3.43. The maximum atomic E-state index is 11.9. The molecule has 1 unspecified atom stereocenters. The van der Waals surface area contributed by atoms with E-state index in [9.17, 15) is 9.59 Å². The number of nitrogens with zero attached hydrogens (tertiary/aromatic N) is 1. The molecule has 2 aliphatic rings. The van der Waals surface area contributed by atoms with E-state index < -0.39 is 0 Å². The van der Waals surface area contributed by atoms with Crippen LogP contribution in [0.5, 0.6) is 0 Å². The van der Waals surface area contributed by atoms with Gasteiger partial charge in [-0.05, 0) is 30.2 Å². The first-order valence-electron chi connectivity index (χ1n) is 5.90. The van der Waals surface area contributed by atoms with Crippen LogP contribution in [0.15, 0.2) is 18.2 Å². The number of amides is 2. The van der Waals surface area contributed by atoms with E-state index in [-0.39, 0.29) is 17.7 Å². The van der Waals surface area contributed by atoms with Crippen molar-refractivity contribution in [3.8, 4) is 0 Å². The van der Waals surface area contributed by atoms with E-state index in [1.165, 1.54) is 10.5 Å². The van der Waals surface area contributed by atoms with E-state index in [4.69, 9.17) is 0 Å². The summed E-state index contributed by atoms with van der Waals surface area (Å²) in [4.78, 5) is 25.0. The Kier molecular flexibility index (Phi) is 2.18. The highest BCUT2D eigenvalue weighted by atomic mass is 16.2. The maximum absolute atomic E-state index is 11.9. The predicted molar refractivity (Wildman–Crippen MR) is 64.9 cm³/mol. The van der Waals surface area contributed by atoms with E-state index in [2.05, 4.69) is 5.32 Å². The Morgan fingerprint density at radius 3 is 2.88 bits per heavy atom. The predicted octanol–water partition coefficient (Wildman–Crippen LogP) is 1.55. The summed E-state index contributed by atoms with van der Waals surface area (Å²) in [7, 11) is 0. The number of anilines is 2. The van der Waals surface area contributed by atoms with Gasteiger partial charge in [-0.15, -0.1) is 0 Å². The molecule has 1 fully saturated rings. The zero-order chi connectivity index (χ0) is 12.0. The van der Waals surface area contributed by atoms with Crippen LogP contribution < -0.4 is 10.2 Å². The largest absolute Gasteiger partial charge is 0.384 e. The summed E-state index contributed by atoms with van der Waals surface area (Å²) in [6.45, 7) is 2.73. The lowest BCUT2D eigenvalue weighted by Gasteiger charge is -2.15. The van der Waals surface area contributed by atoms with Gasteiger partial charge in [0.05, 0.1) is 5.69 Å². The normalized spacial score (nSPS) is 22.9. The van der Waals surface area contributed by atoms with Gasteiger partial charge < -0.3 is 5.32 Å². The van der Waals surface area contributed by atoms with Gasteiger partial charge in [0.2, 0.25) is 11.8 Å². The van der Waals surface area contributed by atoms with Gasteiger partial charge in [0, 0.05) is 24.6 Å². The average molecular weight is 230 g/mol. The molecular formula is C13H14N2O2. The Balaban J connectivity index is 1.99. The molecular weight excluding hydrogens is 216 g/mol. The van der Waals surface area contributed by atoms with Crippen LogP contribution >= 0.6 is 0 Å². The summed E-state index contributed by atoms with van der Waals surface area (Å²) in [5.41, 5.74) is 3.01. The maximum Gasteiger partial charge on any atom is 0.237 e. The minimum absolute atomic E-state index is 0.0825.